The van der Waals surface area contributed by atoms with Gasteiger partial charge in [-0.3, -0.25) is 14.9 Å². The van der Waals surface area contributed by atoms with Crippen LogP contribution in [0.15, 0.2) is 44.7 Å². The minimum absolute atomic E-state index is 0.000169. The third-order valence-electron chi connectivity index (χ3n) is 6.02. The molecule has 1 fully saturated rings. The van der Waals surface area contributed by atoms with Gasteiger partial charge in [0.1, 0.15) is 5.82 Å². The Kier molecular flexibility index (Phi) is 8.17. The van der Waals surface area contributed by atoms with E-state index in [9.17, 15) is 19.7 Å². The number of aliphatic carboxylic acids is 1. The molecule has 0 radical (unpaired) electrons. The van der Waals surface area contributed by atoms with Crippen molar-refractivity contribution in [1.82, 2.24) is 9.66 Å². The van der Waals surface area contributed by atoms with Gasteiger partial charge in [0.05, 0.1) is 28.6 Å². The van der Waals surface area contributed by atoms with Crippen LogP contribution in [0.25, 0.3) is 10.9 Å². The van der Waals surface area contributed by atoms with Gasteiger partial charge in [0.25, 0.3) is 5.56 Å². The first-order chi connectivity index (χ1) is 17.8. The van der Waals surface area contributed by atoms with E-state index in [1.54, 1.807) is 19.1 Å². The minimum atomic E-state index is -1.28. The highest BCUT2D eigenvalue weighted by Crippen LogP contribution is 2.38. The van der Waals surface area contributed by atoms with Crippen molar-refractivity contribution in [2.45, 2.75) is 44.9 Å². The molecule has 12 heteroatoms. The van der Waals surface area contributed by atoms with E-state index in [1.807, 2.05) is 6.07 Å². The summed E-state index contributed by atoms with van der Waals surface area (Å²) >= 11 is 3.39. The van der Waals surface area contributed by atoms with Crippen LogP contribution >= 0.6 is 15.9 Å². The molecule has 1 saturated carbocycles. The summed E-state index contributed by atoms with van der Waals surface area (Å²) in [6.07, 6.45) is 6.30. The van der Waals surface area contributed by atoms with Crippen LogP contribution in [0.1, 0.15) is 56.3 Å². The summed E-state index contributed by atoms with van der Waals surface area (Å²) in [6.45, 7) is 1.07. The minimum Gasteiger partial charge on any atom is -0.490 e. The Balaban J connectivity index is 1.83. The number of nitrogens with zero attached hydrogens (tertiary/aromatic N) is 4. The van der Waals surface area contributed by atoms with Gasteiger partial charge in [-0.05, 0) is 44.0 Å². The lowest BCUT2D eigenvalue weighted by molar-refractivity contribution is -0.385. The van der Waals surface area contributed by atoms with E-state index in [2.05, 4.69) is 21.0 Å². The molecule has 3 aromatic rings. The number of rotatable bonds is 9. The van der Waals surface area contributed by atoms with Crippen LogP contribution in [-0.4, -0.2) is 45.1 Å². The van der Waals surface area contributed by atoms with Crippen LogP contribution in [0.2, 0.25) is 0 Å². The van der Waals surface area contributed by atoms with E-state index in [1.165, 1.54) is 23.0 Å². The maximum absolute atomic E-state index is 13.5. The summed E-state index contributed by atoms with van der Waals surface area (Å²) in [4.78, 5) is 40.3. The molecule has 0 amide bonds. The van der Waals surface area contributed by atoms with Gasteiger partial charge in [-0.25, -0.2) is 9.78 Å². The van der Waals surface area contributed by atoms with Gasteiger partial charge in [-0.1, -0.05) is 35.2 Å². The fraction of sp³-hybridized carbons (Fsp3) is 0.360. The third kappa shape index (κ3) is 5.96. The normalized spacial score (nSPS) is 14.2. The Morgan fingerprint density at radius 2 is 2.03 bits per heavy atom. The number of halogens is 1. The predicted molar refractivity (Wildman–Crippen MR) is 140 cm³/mol. The molecule has 11 nitrogen and oxygen atoms in total. The maximum atomic E-state index is 13.5. The van der Waals surface area contributed by atoms with E-state index in [0.717, 1.165) is 36.6 Å². The first kappa shape index (κ1) is 26.3. The van der Waals surface area contributed by atoms with Crippen molar-refractivity contribution < 1.29 is 24.3 Å². The average Bonchev–Trinajstić information content (AvgIpc) is 2.88. The largest absolute Gasteiger partial charge is 0.490 e. The van der Waals surface area contributed by atoms with Gasteiger partial charge in [0.2, 0.25) is 5.75 Å². The van der Waals surface area contributed by atoms with Gasteiger partial charge < -0.3 is 14.6 Å². The number of nitro benzene ring substituents is 1. The molecule has 1 aliphatic carbocycles. The first-order valence-corrected chi connectivity index (χ1v) is 12.6. The van der Waals surface area contributed by atoms with Gasteiger partial charge in [-0.15, -0.1) is 0 Å². The van der Waals surface area contributed by atoms with E-state index < -0.39 is 23.2 Å². The Bertz CT molecular complexity index is 1430. The predicted octanol–water partition coefficient (Wildman–Crippen LogP) is 4.86. The number of carboxylic acids is 1. The molecule has 0 saturated heterocycles. The highest BCUT2D eigenvalue weighted by Gasteiger charge is 2.25. The lowest BCUT2D eigenvalue weighted by Crippen LogP contribution is -2.25. The average molecular weight is 573 g/mol. The fourth-order valence-corrected chi connectivity index (χ4v) is 4.75. The standard InChI is InChI=1S/C25H25BrN4O7/c1-2-36-21-11-15(10-20(30(34)35)23(21)37-14-22(31)32)13-27-29-24(16-6-4-3-5-7-16)28-19-9-8-17(26)12-18(19)25(29)33/h8-13,16H,2-7,14H2,1H3,(H,31,32). The third-order valence-corrected chi connectivity index (χ3v) is 6.51. The number of carbonyl (C=O) groups is 1. The van der Waals surface area contributed by atoms with Crippen molar-refractivity contribution in [2.24, 2.45) is 5.10 Å². The molecule has 4 rings (SSSR count). The summed E-state index contributed by atoms with van der Waals surface area (Å²) in [5.41, 5.74) is 0.0289. The molecule has 2 aromatic carbocycles. The Hall–Kier alpha value is -3.80. The van der Waals surface area contributed by atoms with E-state index in [-0.39, 0.29) is 35.1 Å². The van der Waals surface area contributed by atoms with Crippen molar-refractivity contribution in [3.05, 3.63) is 66.7 Å². The van der Waals surface area contributed by atoms with Gasteiger partial charge in [-0.2, -0.15) is 9.78 Å². The summed E-state index contributed by atoms with van der Waals surface area (Å²) < 4.78 is 12.7. The van der Waals surface area contributed by atoms with E-state index in [0.29, 0.717) is 16.7 Å². The Morgan fingerprint density at radius 3 is 2.70 bits per heavy atom. The summed E-state index contributed by atoms with van der Waals surface area (Å²) in [5, 5.41) is 25.5. The second kappa shape index (κ2) is 11.5. The lowest BCUT2D eigenvalue weighted by Gasteiger charge is -2.22. The Morgan fingerprint density at radius 1 is 1.27 bits per heavy atom. The fourth-order valence-electron chi connectivity index (χ4n) is 4.39. The van der Waals surface area contributed by atoms with Gasteiger partial charge in [0.15, 0.2) is 12.4 Å². The number of carboxylic acid groups (broad SMARTS) is 1. The number of fused-ring (bicyclic) bond motifs is 1. The van der Waals surface area contributed by atoms with Crippen LogP contribution in [0.3, 0.4) is 0 Å². The van der Waals surface area contributed by atoms with Crippen molar-refractivity contribution in [3.63, 3.8) is 0 Å². The van der Waals surface area contributed by atoms with Gasteiger partial charge >= 0.3 is 11.7 Å². The summed E-state index contributed by atoms with van der Waals surface area (Å²) in [7, 11) is 0. The topological polar surface area (TPSA) is 146 Å². The molecule has 0 unspecified atom stereocenters. The summed E-state index contributed by atoms with van der Waals surface area (Å²) in [5.74, 6) is -0.959. The smallest absolute Gasteiger partial charge is 0.341 e. The zero-order valence-corrected chi connectivity index (χ0v) is 21.6. The molecule has 194 valence electrons. The van der Waals surface area contributed by atoms with Crippen LogP contribution in [0.5, 0.6) is 11.5 Å². The number of nitro groups is 1. The molecule has 1 aromatic heterocycles. The number of aromatic nitrogens is 2. The highest BCUT2D eigenvalue weighted by molar-refractivity contribution is 9.10. The van der Waals surface area contributed by atoms with Crippen molar-refractivity contribution in [3.8, 4) is 11.5 Å². The molecule has 1 N–H and O–H groups in total. The van der Waals surface area contributed by atoms with Crippen molar-refractivity contribution in [1.29, 1.82) is 0 Å². The SMILES string of the molecule is CCOc1cc(C=Nn2c(C3CCCCC3)nc3ccc(Br)cc3c2=O)cc([N+](=O)[O-])c1OCC(=O)O. The van der Waals surface area contributed by atoms with E-state index in [4.69, 9.17) is 19.6 Å². The van der Waals surface area contributed by atoms with Crippen LogP contribution < -0.4 is 15.0 Å². The van der Waals surface area contributed by atoms with E-state index >= 15 is 0 Å². The molecule has 0 bridgehead atoms. The molecular weight excluding hydrogens is 548 g/mol. The Labute approximate surface area is 220 Å². The molecule has 1 aliphatic rings. The van der Waals surface area contributed by atoms with Crippen LogP contribution in [-0.2, 0) is 4.79 Å². The second-order valence-corrected chi connectivity index (χ2v) is 9.48. The second-order valence-electron chi connectivity index (χ2n) is 8.57. The number of hydrogen-bond acceptors (Lipinski definition) is 8. The molecule has 0 atom stereocenters. The first-order valence-electron chi connectivity index (χ1n) is 11.8. The highest BCUT2D eigenvalue weighted by atomic mass is 79.9. The zero-order chi connectivity index (χ0) is 26.5. The maximum Gasteiger partial charge on any atom is 0.341 e. The lowest BCUT2D eigenvalue weighted by atomic mass is 9.88. The monoisotopic (exact) mass is 572 g/mol. The molecule has 0 spiro atoms. The van der Waals surface area contributed by atoms with Crippen molar-refractivity contribution in [2.75, 3.05) is 13.2 Å². The number of ether oxygens (including phenoxy) is 2. The molecular formula is C25H25BrN4O7. The summed E-state index contributed by atoms with van der Waals surface area (Å²) in [6, 6.07) is 7.95. The van der Waals surface area contributed by atoms with Gasteiger partial charge in [0, 0.05) is 22.0 Å². The van der Waals surface area contributed by atoms with Crippen LogP contribution in [0.4, 0.5) is 5.69 Å². The molecule has 0 aliphatic heterocycles. The zero-order valence-electron chi connectivity index (χ0n) is 20.1. The quantitative estimate of drug-likeness (QED) is 0.217. The molecule has 1 heterocycles. The van der Waals surface area contributed by atoms with Crippen molar-refractivity contribution >= 4 is 44.7 Å². The number of hydrogen-bond donors (Lipinski definition) is 1. The molecule has 37 heavy (non-hydrogen) atoms. The van der Waals surface area contributed by atoms with Crippen LogP contribution in [0, 0.1) is 10.1 Å². The number of benzene rings is 2.